The maximum absolute atomic E-state index is 14.3. The van der Waals surface area contributed by atoms with Crippen molar-refractivity contribution < 1.29 is 70.7 Å². The van der Waals surface area contributed by atoms with Crippen LogP contribution >= 0.6 is 0 Å². The van der Waals surface area contributed by atoms with Gasteiger partial charge in [-0.15, -0.1) is 0 Å². The number of carbonyl (C=O) groups excluding carboxylic acids is 1. The van der Waals surface area contributed by atoms with Gasteiger partial charge >= 0.3 is 41.7 Å². The van der Waals surface area contributed by atoms with Crippen molar-refractivity contribution in [3.05, 3.63) is 35.4 Å². The van der Waals surface area contributed by atoms with Gasteiger partial charge in [0.2, 0.25) is 5.78 Å². The van der Waals surface area contributed by atoms with E-state index < -0.39 is 53.1 Å². The monoisotopic (exact) mass is 682 g/mol. The number of benzene rings is 1. The molecule has 260 valence electrons. The molecule has 0 atom stereocenters. The molecule has 1 aromatic carbocycles. The van der Waals surface area contributed by atoms with Crippen LogP contribution in [0.1, 0.15) is 93.5 Å². The Morgan fingerprint density at radius 3 is 1.47 bits per heavy atom. The lowest BCUT2D eigenvalue weighted by atomic mass is 9.77. The summed E-state index contributed by atoms with van der Waals surface area (Å²) in [7, 11) is 0. The molecule has 0 unspecified atom stereocenters. The normalized spacial score (nSPS) is 19.6. The van der Waals surface area contributed by atoms with Crippen molar-refractivity contribution in [2.24, 2.45) is 11.8 Å². The van der Waals surface area contributed by atoms with Crippen LogP contribution in [-0.2, 0) is 6.42 Å². The molecule has 0 aromatic heterocycles. The average Bonchev–Trinajstić information content (AvgIpc) is 2.95. The first-order valence-electron chi connectivity index (χ1n) is 14.4. The number of alkyl halides is 15. The van der Waals surface area contributed by atoms with E-state index in [1.54, 1.807) is 0 Å². The molecule has 0 saturated heterocycles. The molecule has 0 heterocycles. The molecule has 0 N–H and O–H groups in total. The van der Waals surface area contributed by atoms with Gasteiger partial charge in [0.25, 0.3) is 0 Å². The lowest BCUT2D eigenvalue weighted by molar-refractivity contribution is -0.449. The smallest absolute Gasteiger partial charge is 0.287 e. The van der Waals surface area contributed by atoms with Crippen LogP contribution in [0.2, 0.25) is 0 Å². The second-order valence-electron chi connectivity index (χ2n) is 11.6. The van der Waals surface area contributed by atoms with Gasteiger partial charge < -0.3 is 0 Å². The molecule has 0 bridgehead atoms. The second kappa shape index (κ2) is 13.9. The quantitative estimate of drug-likeness (QED) is 0.0964. The predicted octanol–water partition coefficient (Wildman–Crippen LogP) is 11.3. The van der Waals surface area contributed by atoms with Crippen molar-refractivity contribution in [3.8, 4) is 0 Å². The predicted molar refractivity (Wildman–Crippen MR) is 134 cm³/mol. The molecular weight excluding hydrogens is 649 g/mol. The Morgan fingerprint density at radius 1 is 0.578 bits per heavy atom. The van der Waals surface area contributed by atoms with Gasteiger partial charge in [-0.2, -0.15) is 65.9 Å². The van der Waals surface area contributed by atoms with E-state index in [1.165, 1.54) is 19.3 Å². The fraction of sp³-hybridized carbons (Fsp3) is 0.759. The Balaban J connectivity index is 2.09. The van der Waals surface area contributed by atoms with Crippen molar-refractivity contribution in [1.29, 1.82) is 0 Å². The fourth-order valence-corrected chi connectivity index (χ4v) is 5.33. The zero-order valence-corrected chi connectivity index (χ0v) is 24.0. The van der Waals surface area contributed by atoms with Crippen LogP contribution in [0.3, 0.4) is 0 Å². The summed E-state index contributed by atoms with van der Waals surface area (Å²) in [5.74, 6) is -50.3. The molecule has 1 fully saturated rings. The minimum Gasteiger partial charge on any atom is -0.287 e. The highest BCUT2D eigenvalue weighted by Crippen LogP contribution is 2.62. The SMILES string of the molecule is CCCCCCCC1CCC(CCc2ccc(C(=O)C(F)(F)C(F)(F)C(F)(F)C(F)(F)C(F)(F)C(F)(F)C(F)(F)F)cc2)CC1. The number of Topliss-reactive ketones (excluding diaryl/α,β-unsaturated/α-hetero) is 1. The summed E-state index contributed by atoms with van der Waals surface area (Å²) in [4.78, 5) is 12.0. The van der Waals surface area contributed by atoms with Crippen LogP contribution in [0, 0.1) is 11.8 Å². The Morgan fingerprint density at radius 2 is 1.00 bits per heavy atom. The molecule has 16 heteroatoms. The Hall–Kier alpha value is -2.16. The van der Waals surface area contributed by atoms with Gasteiger partial charge in [-0.25, -0.2) is 0 Å². The van der Waals surface area contributed by atoms with Gasteiger partial charge in [0.05, 0.1) is 0 Å². The summed E-state index contributed by atoms with van der Waals surface area (Å²) in [6.07, 6.45) is 4.23. The number of hydrogen-bond donors (Lipinski definition) is 0. The van der Waals surface area contributed by atoms with Crippen LogP contribution in [0.25, 0.3) is 0 Å². The largest absolute Gasteiger partial charge is 0.460 e. The molecule has 1 aliphatic rings. The van der Waals surface area contributed by atoms with E-state index in [0.29, 0.717) is 42.4 Å². The van der Waals surface area contributed by atoms with Crippen molar-refractivity contribution in [2.75, 3.05) is 0 Å². The van der Waals surface area contributed by atoms with E-state index >= 15 is 0 Å². The second-order valence-corrected chi connectivity index (χ2v) is 11.6. The summed E-state index contributed by atoms with van der Waals surface area (Å²) < 4.78 is 201. The molecule has 1 saturated carbocycles. The Bertz CT molecular complexity index is 1100. The molecule has 0 aliphatic heterocycles. The molecule has 0 amide bonds. The van der Waals surface area contributed by atoms with Gasteiger partial charge in [-0.3, -0.25) is 4.79 Å². The zero-order valence-electron chi connectivity index (χ0n) is 24.0. The van der Waals surface area contributed by atoms with E-state index in [0.717, 1.165) is 57.1 Å². The third kappa shape index (κ3) is 7.54. The number of halogens is 15. The molecule has 1 aliphatic carbocycles. The first-order valence-corrected chi connectivity index (χ1v) is 14.4. The van der Waals surface area contributed by atoms with Crippen molar-refractivity contribution in [1.82, 2.24) is 0 Å². The summed E-state index contributed by atoms with van der Waals surface area (Å²) in [5.41, 5.74) is -1.07. The number of carbonyl (C=O) groups is 1. The molecule has 1 aromatic rings. The number of hydrogen-bond acceptors (Lipinski definition) is 1. The Labute approximate surface area is 249 Å². The van der Waals surface area contributed by atoms with Gasteiger partial charge in [0.15, 0.2) is 0 Å². The highest BCUT2D eigenvalue weighted by atomic mass is 19.4. The fourth-order valence-electron chi connectivity index (χ4n) is 5.33. The van der Waals surface area contributed by atoms with E-state index in [4.69, 9.17) is 0 Å². The van der Waals surface area contributed by atoms with Crippen LogP contribution in [-0.4, -0.2) is 47.5 Å². The molecule has 0 spiro atoms. The van der Waals surface area contributed by atoms with E-state index in [2.05, 4.69) is 6.92 Å². The molecule has 1 nitrogen and oxygen atoms in total. The van der Waals surface area contributed by atoms with Gasteiger partial charge in [0, 0.05) is 5.56 Å². The highest BCUT2D eigenvalue weighted by Gasteiger charge is 2.94. The molecule has 45 heavy (non-hydrogen) atoms. The maximum atomic E-state index is 14.3. The lowest BCUT2D eigenvalue weighted by Gasteiger charge is -2.41. The Kier molecular flexibility index (Phi) is 12.1. The minimum absolute atomic E-state index is 0.317. The maximum Gasteiger partial charge on any atom is 0.460 e. The number of rotatable bonds is 16. The van der Waals surface area contributed by atoms with Gasteiger partial charge in [-0.1, -0.05) is 95.4 Å². The topological polar surface area (TPSA) is 17.1 Å². The summed E-state index contributed by atoms with van der Waals surface area (Å²) >= 11 is 0. The molecule has 0 radical (unpaired) electrons. The van der Waals surface area contributed by atoms with E-state index in [9.17, 15) is 70.7 Å². The summed E-state index contributed by atoms with van der Waals surface area (Å²) in [6.45, 7) is 2.13. The van der Waals surface area contributed by atoms with Gasteiger partial charge in [0.1, 0.15) is 0 Å². The van der Waals surface area contributed by atoms with Crippen LogP contribution < -0.4 is 0 Å². The molecule has 2 rings (SSSR count). The summed E-state index contributed by atoms with van der Waals surface area (Å²) in [5, 5.41) is 0. The van der Waals surface area contributed by atoms with Crippen molar-refractivity contribution in [3.63, 3.8) is 0 Å². The van der Waals surface area contributed by atoms with Crippen molar-refractivity contribution >= 4 is 5.78 Å². The summed E-state index contributed by atoms with van der Waals surface area (Å²) in [6, 6.07) is 2.88. The minimum atomic E-state index is -8.43. The molecular formula is C29H33F15O. The standard InChI is InChI=1S/C29H33F15O/c1-2-3-4-5-6-7-18-8-10-19(11-9-18)12-13-20-14-16-21(17-15-20)22(45)23(30,31)24(32,33)25(34,35)26(36,37)27(38,39)28(40,41)29(42,43)44/h14-19H,2-13H2,1H3. The van der Waals surface area contributed by atoms with Crippen LogP contribution in [0.5, 0.6) is 0 Å². The number of unbranched alkanes of at least 4 members (excludes halogenated alkanes) is 4. The van der Waals surface area contributed by atoms with Crippen LogP contribution in [0.4, 0.5) is 65.9 Å². The third-order valence-corrected chi connectivity index (χ3v) is 8.35. The third-order valence-electron chi connectivity index (χ3n) is 8.35. The zero-order chi connectivity index (χ0) is 34.7. The van der Waals surface area contributed by atoms with E-state index in [1.807, 2.05) is 0 Å². The lowest BCUT2D eigenvalue weighted by Crippen LogP contribution is -2.73. The first-order chi connectivity index (χ1) is 20.4. The highest BCUT2D eigenvalue weighted by molar-refractivity contribution is 6.02. The van der Waals surface area contributed by atoms with Gasteiger partial charge in [-0.05, 0) is 30.2 Å². The van der Waals surface area contributed by atoms with E-state index in [-0.39, 0.29) is 0 Å². The average molecular weight is 683 g/mol. The van der Waals surface area contributed by atoms with Crippen LogP contribution in [0.15, 0.2) is 24.3 Å². The number of aryl methyl sites for hydroxylation is 1. The number of ketones is 1. The van der Waals surface area contributed by atoms with Crippen molar-refractivity contribution in [2.45, 2.75) is 126 Å². The first kappa shape index (κ1) is 39.0.